The Morgan fingerprint density at radius 1 is 1.06 bits per heavy atom. The monoisotopic (exact) mass is 485 g/mol. The number of halogens is 2. The predicted molar refractivity (Wildman–Crippen MR) is 128 cm³/mol. The van der Waals surface area contributed by atoms with Gasteiger partial charge in [0.15, 0.2) is 0 Å². The first-order chi connectivity index (χ1) is 15.5. The SMILES string of the molecule is COCOC1CC2CC(c3ccc(Cl)c(Cl)c3)CC1(CCCCCCCCC(=O)OC)N2. The molecule has 2 heterocycles. The third-order valence-corrected chi connectivity index (χ3v) is 7.81. The van der Waals surface area contributed by atoms with Gasteiger partial charge in [-0.3, -0.25) is 4.79 Å². The lowest BCUT2D eigenvalue weighted by atomic mass is 9.76. The Bertz CT molecular complexity index is 747. The Hall–Kier alpha value is -0.850. The number of piperidine rings is 1. The molecule has 180 valence electrons. The first-order valence-corrected chi connectivity index (χ1v) is 12.6. The smallest absolute Gasteiger partial charge is 0.305 e. The normalized spacial score (nSPS) is 26.9. The van der Waals surface area contributed by atoms with Crippen LogP contribution in [-0.2, 0) is 19.0 Å². The van der Waals surface area contributed by atoms with Crippen LogP contribution in [-0.4, -0.2) is 44.7 Å². The molecule has 2 aliphatic rings. The third kappa shape index (κ3) is 6.83. The molecule has 0 spiro atoms. The van der Waals surface area contributed by atoms with Crippen LogP contribution in [0.15, 0.2) is 18.2 Å². The predicted octanol–water partition coefficient (Wildman–Crippen LogP) is 6.25. The van der Waals surface area contributed by atoms with E-state index in [1.807, 2.05) is 12.1 Å². The average Bonchev–Trinajstić information content (AvgIpc) is 3.04. The zero-order chi connectivity index (χ0) is 23.0. The van der Waals surface area contributed by atoms with E-state index in [0.29, 0.717) is 35.2 Å². The van der Waals surface area contributed by atoms with Crippen molar-refractivity contribution in [3.8, 4) is 0 Å². The first-order valence-electron chi connectivity index (χ1n) is 11.9. The number of hydrogen-bond donors (Lipinski definition) is 1. The van der Waals surface area contributed by atoms with E-state index in [2.05, 4.69) is 11.4 Å². The Balaban J connectivity index is 1.54. The summed E-state index contributed by atoms with van der Waals surface area (Å²) in [5, 5.41) is 5.16. The maximum absolute atomic E-state index is 11.2. The van der Waals surface area contributed by atoms with Gasteiger partial charge < -0.3 is 19.5 Å². The van der Waals surface area contributed by atoms with Crippen LogP contribution in [0.1, 0.15) is 82.1 Å². The molecule has 4 unspecified atom stereocenters. The maximum Gasteiger partial charge on any atom is 0.305 e. The molecule has 2 bridgehead atoms. The highest BCUT2D eigenvalue weighted by Gasteiger charge is 2.52. The quantitative estimate of drug-likeness (QED) is 0.203. The van der Waals surface area contributed by atoms with Crippen molar-refractivity contribution >= 4 is 29.2 Å². The van der Waals surface area contributed by atoms with E-state index in [4.69, 9.17) is 37.4 Å². The van der Waals surface area contributed by atoms with Crippen LogP contribution < -0.4 is 5.32 Å². The molecular formula is C25H37Cl2NO4. The summed E-state index contributed by atoms with van der Waals surface area (Å²) in [7, 11) is 3.13. The maximum atomic E-state index is 11.2. The number of carbonyl (C=O) groups excluding carboxylic acids is 1. The summed E-state index contributed by atoms with van der Waals surface area (Å²) < 4.78 is 16.1. The van der Waals surface area contributed by atoms with Gasteiger partial charge in [0.05, 0.1) is 23.3 Å². The zero-order valence-electron chi connectivity index (χ0n) is 19.3. The largest absolute Gasteiger partial charge is 0.469 e. The van der Waals surface area contributed by atoms with Crippen LogP contribution in [0, 0.1) is 0 Å². The number of methoxy groups -OCH3 is 2. The number of fused-ring (bicyclic) bond motifs is 2. The van der Waals surface area contributed by atoms with Crippen LogP contribution in [0.4, 0.5) is 0 Å². The van der Waals surface area contributed by atoms with E-state index < -0.39 is 0 Å². The van der Waals surface area contributed by atoms with Crippen molar-refractivity contribution in [1.29, 1.82) is 0 Å². The molecule has 4 atom stereocenters. The number of hydrogen-bond acceptors (Lipinski definition) is 5. The van der Waals surface area contributed by atoms with Gasteiger partial charge >= 0.3 is 5.97 Å². The van der Waals surface area contributed by atoms with Crippen LogP contribution in [0.2, 0.25) is 10.0 Å². The lowest BCUT2D eigenvalue weighted by Crippen LogP contribution is -2.54. The van der Waals surface area contributed by atoms with Gasteiger partial charge in [-0.05, 0) is 55.7 Å². The number of unbranched alkanes of at least 4 members (excludes halogenated alkanes) is 5. The Kier molecular flexibility index (Phi) is 10.1. The van der Waals surface area contributed by atoms with Crippen molar-refractivity contribution in [2.45, 2.75) is 94.2 Å². The van der Waals surface area contributed by atoms with Gasteiger partial charge in [-0.15, -0.1) is 0 Å². The molecular weight excluding hydrogens is 449 g/mol. The molecule has 0 aromatic heterocycles. The van der Waals surface area contributed by atoms with Gasteiger partial charge in [0, 0.05) is 25.1 Å². The van der Waals surface area contributed by atoms with Gasteiger partial charge in [-0.2, -0.15) is 0 Å². The van der Waals surface area contributed by atoms with E-state index in [1.165, 1.54) is 25.5 Å². The minimum Gasteiger partial charge on any atom is -0.469 e. The second-order valence-electron chi connectivity index (χ2n) is 9.30. The summed E-state index contributed by atoms with van der Waals surface area (Å²) in [5.74, 6) is 0.340. The molecule has 0 amide bonds. The Morgan fingerprint density at radius 3 is 2.53 bits per heavy atom. The second kappa shape index (κ2) is 12.6. The van der Waals surface area contributed by atoms with E-state index in [0.717, 1.165) is 51.4 Å². The number of rotatable bonds is 13. The Morgan fingerprint density at radius 2 is 1.81 bits per heavy atom. The summed E-state index contributed by atoms with van der Waals surface area (Å²) in [6, 6.07) is 6.52. The van der Waals surface area contributed by atoms with Gasteiger partial charge in [-0.25, -0.2) is 0 Å². The van der Waals surface area contributed by atoms with Gasteiger partial charge in [0.25, 0.3) is 0 Å². The minimum absolute atomic E-state index is 0.0247. The summed E-state index contributed by atoms with van der Waals surface area (Å²) in [6.45, 7) is 0.332. The van der Waals surface area contributed by atoms with E-state index in [1.54, 1.807) is 7.11 Å². The van der Waals surface area contributed by atoms with Crippen molar-refractivity contribution in [3.63, 3.8) is 0 Å². The number of esters is 1. The fourth-order valence-electron chi connectivity index (χ4n) is 5.51. The standard InChI is InChI=1S/C25H37Cl2NO4/c1-30-17-32-23-15-20-13-19(18-10-11-21(26)22(27)14-18)16-25(23,28-20)12-8-6-4-3-5-7-9-24(29)31-2/h10-11,14,19-20,23,28H,3-9,12-13,15-17H2,1-2H3. The molecule has 1 aromatic carbocycles. The number of benzene rings is 1. The highest BCUT2D eigenvalue weighted by Crippen LogP contribution is 2.47. The molecule has 2 aliphatic heterocycles. The van der Waals surface area contributed by atoms with Gasteiger partial charge in [-0.1, -0.05) is 61.4 Å². The minimum atomic E-state index is -0.109. The fourth-order valence-corrected chi connectivity index (χ4v) is 5.81. The molecule has 1 N–H and O–H groups in total. The van der Waals surface area contributed by atoms with E-state index in [9.17, 15) is 4.79 Å². The lowest BCUT2D eigenvalue weighted by molar-refractivity contribution is -0.140. The third-order valence-electron chi connectivity index (χ3n) is 7.07. The highest BCUT2D eigenvalue weighted by molar-refractivity contribution is 6.42. The summed E-state index contributed by atoms with van der Waals surface area (Å²) in [5.41, 5.74) is 1.25. The molecule has 7 heteroatoms. The molecule has 0 radical (unpaired) electrons. The molecule has 32 heavy (non-hydrogen) atoms. The number of nitrogens with one attached hydrogen (secondary N) is 1. The van der Waals surface area contributed by atoms with E-state index in [-0.39, 0.29) is 17.6 Å². The second-order valence-corrected chi connectivity index (χ2v) is 10.1. The average molecular weight is 486 g/mol. The van der Waals surface area contributed by atoms with Crippen molar-refractivity contribution in [3.05, 3.63) is 33.8 Å². The Labute approximate surface area is 202 Å². The summed E-state index contributed by atoms with van der Waals surface area (Å²) in [4.78, 5) is 11.2. The molecule has 2 saturated heterocycles. The van der Waals surface area contributed by atoms with Crippen molar-refractivity contribution < 1.29 is 19.0 Å². The van der Waals surface area contributed by atoms with Crippen LogP contribution >= 0.6 is 23.2 Å². The molecule has 0 aliphatic carbocycles. The first kappa shape index (κ1) is 25.8. The summed E-state index contributed by atoms with van der Waals surface area (Å²) >= 11 is 12.5. The molecule has 5 nitrogen and oxygen atoms in total. The lowest BCUT2D eigenvalue weighted by Gasteiger charge is -2.42. The number of ether oxygens (including phenoxy) is 3. The zero-order valence-corrected chi connectivity index (χ0v) is 20.9. The molecule has 2 fully saturated rings. The highest BCUT2D eigenvalue weighted by atomic mass is 35.5. The fraction of sp³-hybridized carbons (Fsp3) is 0.720. The summed E-state index contributed by atoms with van der Waals surface area (Å²) in [6.07, 6.45) is 11.7. The van der Waals surface area contributed by atoms with Crippen LogP contribution in [0.5, 0.6) is 0 Å². The molecule has 0 saturated carbocycles. The molecule has 3 rings (SSSR count). The molecule has 1 aromatic rings. The van der Waals surface area contributed by atoms with Crippen LogP contribution in [0.3, 0.4) is 0 Å². The van der Waals surface area contributed by atoms with Crippen molar-refractivity contribution in [2.24, 2.45) is 0 Å². The van der Waals surface area contributed by atoms with E-state index >= 15 is 0 Å². The van der Waals surface area contributed by atoms with Crippen LogP contribution in [0.25, 0.3) is 0 Å². The van der Waals surface area contributed by atoms with Crippen molar-refractivity contribution in [2.75, 3.05) is 21.0 Å². The number of carbonyl (C=O) groups is 1. The van der Waals surface area contributed by atoms with Gasteiger partial charge in [0.1, 0.15) is 6.79 Å². The van der Waals surface area contributed by atoms with Crippen molar-refractivity contribution in [1.82, 2.24) is 5.32 Å². The topological polar surface area (TPSA) is 56.8 Å². The van der Waals surface area contributed by atoms with Gasteiger partial charge in [0.2, 0.25) is 0 Å².